The second-order valence-electron chi connectivity index (χ2n) is 6.10. The molecule has 152 valence electrons. The molecule has 0 radical (unpaired) electrons. The Morgan fingerprint density at radius 2 is 2.00 bits per heavy atom. The van der Waals surface area contributed by atoms with Crippen molar-refractivity contribution in [1.82, 2.24) is 15.5 Å². The highest BCUT2D eigenvalue weighted by Crippen LogP contribution is 2.21. The van der Waals surface area contributed by atoms with E-state index >= 15 is 0 Å². The molecular formula is C20H21N3O5S. The van der Waals surface area contributed by atoms with Gasteiger partial charge in [0.15, 0.2) is 6.61 Å². The van der Waals surface area contributed by atoms with E-state index in [1.165, 1.54) is 11.3 Å². The molecule has 9 heteroatoms. The molecule has 0 aliphatic heterocycles. The van der Waals surface area contributed by atoms with Crippen LogP contribution in [-0.2, 0) is 27.2 Å². The standard InChI is InChI=1S/C20H21N3O5S/c1-26-15-6-4-14(5-7-15)10-11-21-17(24)13-27-19(25)9-8-18-22-20(23-28-18)16-3-2-12-29-16/h2-7,12H,8-11,13H2,1H3,(H,21,24). The van der Waals surface area contributed by atoms with E-state index in [4.69, 9.17) is 14.0 Å². The van der Waals surface area contributed by atoms with Gasteiger partial charge in [-0.1, -0.05) is 23.4 Å². The van der Waals surface area contributed by atoms with Crippen molar-refractivity contribution in [3.8, 4) is 16.5 Å². The molecule has 1 amide bonds. The van der Waals surface area contributed by atoms with Crippen molar-refractivity contribution in [1.29, 1.82) is 0 Å². The molecule has 1 N–H and O–H groups in total. The summed E-state index contributed by atoms with van der Waals surface area (Å²) in [5.41, 5.74) is 1.07. The summed E-state index contributed by atoms with van der Waals surface area (Å²) in [5.74, 6) is 0.803. The van der Waals surface area contributed by atoms with Gasteiger partial charge in [-0.05, 0) is 35.6 Å². The van der Waals surface area contributed by atoms with Crippen molar-refractivity contribution in [2.45, 2.75) is 19.3 Å². The third-order valence-electron chi connectivity index (χ3n) is 4.01. The van der Waals surface area contributed by atoms with E-state index in [1.54, 1.807) is 7.11 Å². The summed E-state index contributed by atoms with van der Waals surface area (Å²) in [6.07, 6.45) is 0.995. The molecular weight excluding hydrogens is 394 g/mol. The minimum Gasteiger partial charge on any atom is -0.497 e. The summed E-state index contributed by atoms with van der Waals surface area (Å²) in [6, 6.07) is 11.4. The molecule has 0 saturated carbocycles. The number of nitrogens with one attached hydrogen (secondary N) is 1. The molecule has 0 aliphatic rings. The van der Waals surface area contributed by atoms with Gasteiger partial charge >= 0.3 is 5.97 Å². The fourth-order valence-corrected chi connectivity index (χ4v) is 3.13. The predicted molar refractivity (Wildman–Crippen MR) is 107 cm³/mol. The number of carbonyl (C=O) groups excluding carboxylic acids is 2. The predicted octanol–water partition coefficient (Wildman–Crippen LogP) is 2.64. The Labute approximate surface area is 171 Å². The summed E-state index contributed by atoms with van der Waals surface area (Å²) >= 11 is 1.50. The van der Waals surface area contributed by atoms with E-state index in [0.717, 1.165) is 16.2 Å². The fraction of sp³-hybridized carbons (Fsp3) is 0.300. The molecule has 0 atom stereocenters. The molecule has 8 nitrogen and oxygen atoms in total. The second kappa shape index (κ2) is 10.4. The van der Waals surface area contributed by atoms with Crippen LogP contribution in [0.1, 0.15) is 17.9 Å². The van der Waals surface area contributed by atoms with E-state index in [1.807, 2.05) is 41.8 Å². The zero-order valence-electron chi connectivity index (χ0n) is 15.9. The van der Waals surface area contributed by atoms with Crippen LogP contribution in [0.3, 0.4) is 0 Å². The van der Waals surface area contributed by atoms with Gasteiger partial charge in [0, 0.05) is 13.0 Å². The Morgan fingerprint density at radius 3 is 2.72 bits per heavy atom. The SMILES string of the molecule is COc1ccc(CCNC(=O)COC(=O)CCc2nc(-c3cccs3)no2)cc1. The first kappa shape index (κ1) is 20.5. The maximum atomic E-state index is 11.8. The number of benzene rings is 1. The average molecular weight is 415 g/mol. The number of hydrogen-bond donors (Lipinski definition) is 1. The van der Waals surface area contributed by atoms with Crippen LogP contribution in [0.5, 0.6) is 5.75 Å². The quantitative estimate of drug-likeness (QED) is 0.508. The van der Waals surface area contributed by atoms with Crippen LogP contribution in [0.15, 0.2) is 46.3 Å². The lowest BCUT2D eigenvalue weighted by Crippen LogP contribution is -2.30. The van der Waals surface area contributed by atoms with Gasteiger partial charge in [0.25, 0.3) is 5.91 Å². The Bertz CT molecular complexity index is 922. The van der Waals surface area contributed by atoms with Crippen LogP contribution in [-0.4, -0.2) is 42.3 Å². The fourth-order valence-electron chi connectivity index (χ4n) is 2.48. The highest BCUT2D eigenvalue weighted by molar-refractivity contribution is 7.13. The molecule has 3 aromatic rings. The molecule has 0 unspecified atom stereocenters. The summed E-state index contributed by atoms with van der Waals surface area (Å²) in [5, 5.41) is 8.52. The number of amides is 1. The zero-order chi connectivity index (χ0) is 20.5. The van der Waals surface area contributed by atoms with Gasteiger partial charge in [-0.2, -0.15) is 4.98 Å². The number of methoxy groups -OCH3 is 1. The monoisotopic (exact) mass is 415 g/mol. The van der Waals surface area contributed by atoms with E-state index in [9.17, 15) is 9.59 Å². The molecule has 3 rings (SSSR count). The van der Waals surface area contributed by atoms with Crippen LogP contribution >= 0.6 is 11.3 Å². The maximum Gasteiger partial charge on any atom is 0.306 e. The average Bonchev–Trinajstić information content (AvgIpc) is 3.43. The first-order chi connectivity index (χ1) is 14.1. The van der Waals surface area contributed by atoms with E-state index in [-0.39, 0.29) is 25.4 Å². The number of hydrogen-bond acceptors (Lipinski definition) is 8. The van der Waals surface area contributed by atoms with Crippen LogP contribution < -0.4 is 10.1 Å². The van der Waals surface area contributed by atoms with Crippen molar-refractivity contribution in [3.63, 3.8) is 0 Å². The van der Waals surface area contributed by atoms with Gasteiger partial charge in [-0.25, -0.2) is 0 Å². The Morgan fingerprint density at radius 1 is 1.17 bits per heavy atom. The highest BCUT2D eigenvalue weighted by atomic mass is 32.1. The van der Waals surface area contributed by atoms with Crippen molar-refractivity contribution < 1.29 is 23.6 Å². The first-order valence-electron chi connectivity index (χ1n) is 9.06. The summed E-state index contributed by atoms with van der Waals surface area (Å²) in [6.45, 7) is 0.141. The van der Waals surface area contributed by atoms with Gasteiger partial charge in [0.05, 0.1) is 18.4 Å². The number of aromatic nitrogens is 2. The maximum absolute atomic E-state index is 11.8. The highest BCUT2D eigenvalue weighted by Gasteiger charge is 2.13. The van der Waals surface area contributed by atoms with Crippen LogP contribution in [0.2, 0.25) is 0 Å². The molecule has 2 heterocycles. The number of rotatable bonds is 10. The Hall–Kier alpha value is -3.20. The molecule has 2 aromatic heterocycles. The summed E-state index contributed by atoms with van der Waals surface area (Å²) < 4.78 is 15.2. The first-order valence-corrected chi connectivity index (χ1v) is 9.93. The summed E-state index contributed by atoms with van der Waals surface area (Å²) in [4.78, 5) is 28.7. The number of ether oxygens (including phenoxy) is 2. The molecule has 0 fully saturated rings. The zero-order valence-corrected chi connectivity index (χ0v) is 16.7. The third-order valence-corrected chi connectivity index (χ3v) is 4.88. The third kappa shape index (κ3) is 6.42. The number of esters is 1. The van der Waals surface area contributed by atoms with E-state index < -0.39 is 5.97 Å². The number of aryl methyl sites for hydroxylation is 1. The Kier molecular flexibility index (Phi) is 7.34. The number of nitrogens with zero attached hydrogens (tertiary/aromatic N) is 2. The Balaban J connectivity index is 1.31. The van der Waals surface area contributed by atoms with Crippen LogP contribution in [0.4, 0.5) is 0 Å². The summed E-state index contributed by atoms with van der Waals surface area (Å²) in [7, 11) is 1.61. The van der Waals surface area contributed by atoms with E-state index in [0.29, 0.717) is 24.7 Å². The molecule has 0 aliphatic carbocycles. The van der Waals surface area contributed by atoms with Crippen molar-refractivity contribution in [2.75, 3.05) is 20.3 Å². The van der Waals surface area contributed by atoms with Gasteiger partial charge in [0.2, 0.25) is 11.7 Å². The lowest BCUT2D eigenvalue weighted by atomic mass is 10.1. The van der Waals surface area contributed by atoms with Gasteiger partial charge in [-0.15, -0.1) is 11.3 Å². The molecule has 0 bridgehead atoms. The minimum absolute atomic E-state index is 0.0607. The molecule has 0 spiro atoms. The van der Waals surface area contributed by atoms with Crippen molar-refractivity contribution in [3.05, 3.63) is 53.2 Å². The normalized spacial score (nSPS) is 10.5. The lowest BCUT2D eigenvalue weighted by Gasteiger charge is -2.07. The van der Waals surface area contributed by atoms with E-state index in [2.05, 4.69) is 15.5 Å². The number of carbonyl (C=O) groups is 2. The van der Waals surface area contributed by atoms with Gasteiger partial charge in [0.1, 0.15) is 5.75 Å². The van der Waals surface area contributed by atoms with Crippen molar-refractivity contribution >= 4 is 23.2 Å². The topological polar surface area (TPSA) is 104 Å². The van der Waals surface area contributed by atoms with Crippen LogP contribution in [0, 0.1) is 0 Å². The van der Waals surface area contributed by atoms with Crippen molar-refractivity contribution in [2.24, 2.45) is 0 Å². The van der Waals surface area contributed by atoms with Gasteiger partial charge < -0.3 is 19.3 Å². The second-order valence-corrected chi connectivity index (χ2v) is 7.05. The molecule has 29 heavy (non-hydrogen) atoms. The minimum atomic E-state index is -0.494. The number of thiophene rings is 1. The smallest absolute Gasteiger partial charge is 0.306 e. The largest absolute Gasteiger partial charge is 0.497 e. The lowest BCUT2D eigenvalue weighted by molar-refractivity contribution is -0.148. The molecule has 1 aromatic carbocycles. The molecule has 0 saturated heterocycles. The van der Waals surface area contributed by atoms with Gasteiger partial charge in [-0.3, -0.25) is 9.59 Å². The van der Waals surface area contributed by atoms with Crippen LogP contribution in [0.25, 0.3) is 10.7 Å².